The van der Waals surface area contributed by atoms with Crippen molar-refractivity contribution in [1.82, 2.24) is 0 Å². The van der Waals surface area contributed by atoms with Crippen LogP contribution in [0.5, 0.6) is 0 Å². The van der Waals surface area contributed by atoms with Crippen LogP contribution in [0.15, 0.2) is 30.9 Å². The first-order chi connectivity index (χ1) is 6.11. The van der Waals surface area contributed by atoms with Gasteiger partial charge >= 0.3 is 0 Å². The molecule has 2 N–H and O–H groups in total. The molecule has 1 aromatic rings. The summed E-state index contributed by atoms with van der Waals surface area (Å²) in [6.45, 7) is 7.89. The van der Waals surface area contributed by atoms with E-state index < -0.39 is 0 Å². The van der Waals surface area contributed by atoms with Gasteiger partial charge in [-0.2, -0.15) is 0 Å². The molecule has 0 fully saturated rings. The second kappa shape index (κ2) is 4.24. The molecule has 1 rings (SSSR count). The summed E-state index contributed by atoms with van der Waals surface area (Å²) >= 11 is 0. The van der Waals surface area contributed by atoms with Gasteiger partial charge in [0.05, 0.1) is 0 Å². The van der Waals surface area contributed by atoms with E-state index in [-0.39, 0.29) is 6.04 Å². The van der Waals surface area contributed by atoms with Gasteiger partial charge in [-0.05, 0) is 25.8 Å². The quantitative estimate of drug-likeness (QED) is 0.701. The molecule has 1 unspecified atom stereocenters. The van der Waals surface area contributed by atoms with Gasteiger partial charge in [0.25, 0.3) is 0 Å². The highest BCUT2D eigenvalue weighted by Gasteiger charge is 2.00. The number of hydrogen-bond acceptors (Lipinski definition) is 1. The summed E-state index contributed by atoms with van der Waals surface area (Å²) in [6.07, 6.45) is 2.67. The smallest absolute Gasteiger partial charge is 0.0262 e. The minimum atomic E-state index is 0.0706. The summed E-state index contributed by atoms with van der Waals surface area (Å²) in [5.74, 6) is 0. The van der Waals surface area contributed by atoms with Crippen LogP contribution in [-0.4, -0.2) is 6.04 Å². The molecular weight excluding hydrogens is 158 g/mol. The Hall–Kier alpha value is -1.08. The fourth-order valence-electron chi connectivity index (χ4n) is 1.54. The molecule has 0 saturated carbocycles. The van der Waals surface area contributed by atoms with E-state index in [0.717, 1.165) is 6.42 Å². The SMILES string of the molecule is C=CC(N)Cc1cc(C)cc(C)c1. The Kier molecular flexibility index (Phi) is 3.26. The number of aryl methyl sites for hydroxylation is 2. The lowest BCUT2D eigenvalue weighted by atomic mass is 10.0. The molecule has 0 spiro atoms. The van der Waals surface area contributed by atoms with Crippen molar-refractivity contribution in [2.75, 3.05) is 0 Å². The van der Waals surface area contributed by atoms with Crippen LogP contribution >= 0.6 is 0 Å². The molecule has 1 atom stereocenters. The van der Waals surface area contributed by atoms with Crippen molar-refractivity contribution in [3.05, 3.63) is 47.5 Å². The van der Waals surface area contributed by atoms with E-state index in [4.69, 9.17) is 5.73 Å². The van der Waals surface area contributed by atoms with E-state index in [1.165, 1.54) is 16.7 Å². The number of nitrogens with two attached hydrogens (primary N) is 1. The molecule has 0 amide bonds. The summed E-state index contributed by atoms with van der Waals surface area (Å²) in [4.78, 5) is 0. The predicted octanol–water partition coefficient (Wildman–Crippen LogP) is 2.36. The molecule has 1 heteroatoms. The molecule has 1 aromatic carbocycles. The van der Waals surface area contributed by atoms with Crippen molar-refractivity contribution in [1.29, 1.82) is 0 Å². The molecule has 0 aromatic heterocycles. The van der Waals surface area contributed by atoms with E-state index >= 15 is 0 Å². The maximum atomic E-state index is 5.79. The minimum Gasteiger partial charge on any atom is -0.324 e. The van der Waals surface area contributed by atoms with Gasteiger partial charge in [0, 0.05) is 6.04 Å². The maximum absolute atomic E-state index is 5.79. The highest BCUT2D eigenvalue weighted by atomic mass is 14.6. The van der Waals surface area contributed by atoms with Crippen molar-refractivity contribution < 1.29 is 0 Å². The number of benzene rings is 1. The van der Waals surface area contributed by atoms with Crippen LogP contribution in [-0.2, 0) is 6.42 Å². The standard InChI is InChI=1S/C12H17N/c1-4-12(13)8-11-6-9(2)5-10(3)7-11/h4-7,12H,1,8,13H2,2-3H3. The van der Waals surface area contributed by atoms with Crippen LogP contribution in [0.1, 0.15) is 16.7 Å². The highest BCUT2D eigenvalue weighted by molar-refractivity contribution is 5.29. The van der Waals surface area contributed by atoms with Crippen molar-refractivity contribution in [2.24, 2.45) is 5.73 Å². The van der Waals surface area contributed by atoms with Gasteiger partial charge in [-0.3, -0.25) is 0 Å². The van der Waals surface area contributed by atoms with Gasteiger partial charge in [0.2, 0.25) is 0 Å². The maximum Gasteiger partial charge on any atom is 0.0262 e. The fraction of sp³-hybridized carbons (Fsp3) is 0.333. The largest absolute Gasteiger partial charge is 0.324 e. The van der Waals surface area contributed by atoms with Gasteiger partial charge in [-0.1, -0.05) is 35.4 Å². The van der Waals surface area contributed by atoms with E-state index in [9.17, 15) is 0 Å². The number of rotatable bonds is 3. The molecule has 13 heavy (non-hydrogen) atoms. The Balaban J connectivity index is 2.82. The first-order valence-electron chi connectivity index (χ1n) is 4.57. The lowest BCUT2D eigenvalue weighted by Crippen LogP contribution is -2.19. The average Bonchev–Trinajstić information content (AvgIpc) is 2.02. The second-order valence-electron chi connectivity index (χ2n) is 3.60. The molecule has 0 heterocycles. The Morgan fingerprint density at radius 2 is 1.85 bits per heavy atom. The minimum absolute atomic E-state index is 0.0706. The Bertz CT molecular complexity index is 282. The normalized spacial score (nSPS) is 12.5. The second-order valence-corrected chi connectivity index (χ2v) is 3.60. The Morgan fingerprint density at radius 3 is 2.31 bits per heavy atom. The van der Waals surface area contributed by atoms with Crippen LogP contribution in [0.2, 0.25) is 0 Å². The zero-order chi connectivity index (χ0) is 9.84. The summed E-state index contributed by atoms with van der Waals surface area (Å²) in [5, 5.41) is 0. The first-order valence-corrected chi connectivity index (χ1v) is 4.57. The van der Waals surface area contributed by atoms with Crippen LogP contribution in [0.3, 0.4) is 0 Å². The fourth-order valence-corrected chi connectivity index (χ4v) is 1.54. The summed E-state index contributed by atoms with van der Waals surface area (Å²) in [6, 6.07) is 6.59. The highest BCUT2D eigenvalue weighted by Crippen LogP contribution is 2.10. The first kappa shape index (κ1) is 10.0. The third-order valence-corrected chi connectivity index (χ3v) is 2.06. The molecule has 0 bridgehead atoms. The van der Waals surface area contributed by atoms with E-state index in [0.29, 0.717) is 0 Å². The lowest BCUT2D eigenvalue weighted by Gasteiger charge is -2.08. The van der Waals surface area contributed by atoms with Crippen molar-refractivity contribution in [3.8, 4) is 0 Å². The molecule has 0 saturated heterocycles. The van der Waals surface area contributed by atoms with Crippen molar-refractivity contribution >= 4 is 0 Å². The molecule has 0 aliphatic rings. The Morgan fingerprint density at radius 1 is 1.31 bits per heavy atom. The van der Waals surface area contributed by atoms with Gasteiger partial charge in [0.15, 0.2) is 0 Å². The van der Waals surface area contributed by atoms with Crippen LogP contribution in [0.25, 0.3) is 0 Å². The average molecular weight is 175 g/mol. The Labute approximate surface area is 80.3 Å². The summed E-state index contributed by atoms with van der Waals surface area (Å²) < 4.78 is 0. The lowest BCUT2D eigenvalue weighted by molar-refractivity contribution is 0.810. The molecule has 0 aliphatic carbocycles. The van der Waals surface area contributed by atoms with Gasteiger partial charge in [-0.25, -0.2) is 0 Å². The van der Waals surface area contributed by atoms with E-state index in [1.807, 2.05) is 0 Å². The van der Waals surface area contributed by atoms with Gasteiger partial charge in [0.1, 0.15) is 0 Å². The predicted molar refractivity (Wildman–Crippen MR) is 57.8 cm³/mol. The zero-order valence-corrected chi connectivity index (χ0v) is 8.38. The molecular formula is C12H17N. The topological polar surface area (TPSA) is 26.0 Å². The van der Waals surface area contributed by atoms with Crippen LogP contribution < -0.4 is 5.73 Å². The van der Waals surface area contributed by atoms with Gasteiger partial charge in [-0.15, -0.1) is 6.58 Å². The molecule has 70 valence electrons. The zero-order valence-electron chi connectivity index (χ0n) is 8.38. The summed E-state index contributed by atoms with van der Waals surface area (Å²) in [7, 11) is 0. The van der Waals surface area contributed by atoms with Crippen molar-refractivity contribution in [3.63, 3.8) is 0 Å². The third-order valence-electron chi connectivity index (χ3n) is 2.06. The van der Waals surface area contributed by atoms with Gasteiger partial charge < -0.3 is 5.73 Å². The van der Waals surface area contributed by atoms with Crippen LogP contribution in [0.4, 0.5) is 0 Å². The molecule has 0 aliphatic heterocycles. The molecule has 0 radical (unpaired) electrons. The number of hydrogen-bond donors (Lipinski definition) is 1. The van der Waals surface area contributed by atoms with Crippen molar-refractivity contribution in [2.45, 2.75) is 26.3 Å². The summed E-state index contributed by atoms with van der Waals surface area (Å²) in [5.41, 5.74) is 9.68. The van der Waals surface area contributed by atoms with E-state index in [1.54, 1.807) is 6.08 Å². The monoisotopic (exact) mass is 175 g/mol. The van der Waals surface area contributed by atoms with E-state index in [2.05, 4.69) is 38.6 Å². The third kappa shape index (κ3) is 3.03. The molecule has 1 nitrogen and oxygen atoms in total. The van der Waals surface area contributed by atoms with Crippen LogP contribution in [0, 0.1) is 13.8 Å².